The van der Waals surface area contributed by atoms with Crippen molar-refractivity contribution in [3.63, 3.8) is 0 Å². The number of halogens is 2. The van der Waals surface area contributed by atoms with Gasteiger partial charge in [0.25, 0.3) is 5.56 Å². The number of hydrogen-bond donors (Lipinski definition) is 0. The van der Waals surface area contributed by atoms with Crippen LogP contribution in [0.5, 0.6) is 11.5 Å². The first kappa shape index (κ1) is 29.1. The molecule has 0 bridgehead atoms. The minimum atomic E-state index is -0.783. The van der Waals surface area contributed by atoms with Gasteiger partial charge < -0.3 is 14.2 Å². The summed E-state index contributed by atoms with van der Waals surface area (Å²) in [5.41, 5.74) is 1.80. The van der Waals surface area contributed by atoms with Crippen molar-refractivity contribution in [2.75, 3.05) is 6.61 Å². The lowest BCUT2D eigenvalue weighted by Crippen LogP contribution is -2.40. The third kappa shape index (κ3) is 6.15. The van der Waals surface area contributed by atoms with Crippen molar-refractivity contribution in [2.45, 2.75) is 59.8 Å². The fourth-order valence-electron chi connectivity index (χ4n) is 4.34. The van der Waals surface area contributed by atoms with Gasteiger partial charge in [0.15, 0.2) is 4.80 Å². The molecular weight excluding hydrogens is 604 g/mol. The molecule has 0 saturated heterocycles. The number of nitrogens with zero attached hydrogens (tertiary/aromatic N) is 2. The van der Waals surface area contributed by atoms with Crippen LogP contribution in [0.25, 0.3) is 6.08 Å². The van der Waals surface area contributed by atoms with E-state index in [1.165, 1.54) is 11.3 Å². The Kier molecular flexibility index (Phi) is 9.03. The Labute approximate surface area is 244 Å². The van der Waals surface area contributed by atoms with Crippen LogP contribution >= 0.6 is 38.9 Å². The first-order valence-corrected chi connectivity index (χ1v) is 14.6. The zero-order valence-corrected chi connectivity index (χ0v) is 25.7. The summed E-state index contributed by atoms with van der Waals surface area (Å²) >= 11 is 11.1. The molecule has 7 nitrogen and oxygen atoms in total. The number of ether oxygens (including phenoxy) is 3. The molecule has 0 unspecified atom stereocenters. The standard InChI is InChI=1S/C29H30BrClN2O5S/c1-7-36-28(35)24-17(6)32-29-33(25(24)20-10-8-9-11-22(20)37-15(2)3)27(34)23(39-29)13-18-12-19(31)14-21(30)26(18)38-16(4)5/h8-16,25H,7H2,1-6H3/b23-13-/t25-/m1/s1. The highest BCUT2D eigenvalue weighted by Crippen LogP contribution is 2.37. The molecule has 39 heavy (non-hydrogen) atoms. The van der Waals surface area contributed by atoms with Gasteiger partial charge >= 0.3 is 5.97 Å². The van der Waals surface area contributed by atoms with Gasteiger partial charge in [-0.25, -0.2) is 9.79 Å². The number of esters is 1. The van der Waals surface area contributed by atoms with Crippen LogP contribution in [0.1, 0.15) is 58.7 Å². The second-order valence-electron chi connectivity index (χ2n) is 9.48. The molecule has 3 aromatic rings. The van der Waals surface area contributed by atoms with Gasteiger partial charge in [-0.3, -0.25) is 9.36 Å². The van der Waals surface area contributed by atoms with Crippen LogP contribution in [0.4, 0.5) is 0 Å². The third-order valence-corrected chi connectivity index (χ3v) is 7.56. The number of carbonyl (C=O) groups is 1. The number of benzene rings is 2. The highest BCUT2D eigenvalue weighted by Gasteiger charge is 2.35. The molecular formula is C29H30BrClN2O5S. The zero-order chi connectivity index (χ0) is 28.4. The van der Waals surface area contributed by atoms with Gasteiger partial charge in [-0.05, 0) is 81.7 Å². The number of carbonyl (C=O) groups excluding carboxylic acids is 1. The van der Waals surface area contributed by atoms with Crippen molar-refractivity contribution in [3.8, 4) is 11.5 Å². The van der Waals surface area contributed by atoms with Crippen molar-refractivity contribution >= 4 is 50.9 Å². The first-order valence-electron chi connectivity index (χ1n) is 12.6. The van der Waals surface area contributed by atoms with Crippen LogP contribution in [-0.2, 0) is 9.53 Å². The molecule has 0 amide bonds. The van der Waals surface area contributed by atoms with Gasteiger partial charge in [-0.15, -0.1) is 0 Å². The lowest BCUT2D eigenvalue weighted by molar-refractivity contribution is -0.139. The van der Waals surface area contributed by atoms with Gasteiger partial charge in [-0.1, -0.05) is 41.1 Å². The Morgan fingerprint density at radius 1 is 1.18 bits per heavy atom. The zero-order valence-electron chi connectivity index (χ0n) is 22.6. The molecule has 206 valence electrons. The topological polar surface area (TPSA) is 79.1 Å². The summed E-state index contributed by atoms with van der Waals surface area (Å²) in [5.74, 6) is 0.634. The van der Waals surface area contributed by atoms with Gasteiger partial charge in [0, 0.05) is 16.1 Å². The van der Waals surface area contributed by atoms with Crippen molar-refractivity contribution in [1.29, 1.82) is 0 Å². The minimum Gasteiger partial charge on any atom is -0.491 e. The summed E-state index contributed by atoms with van der Waals surface area (Å²) in [7, 11) is 0. The predicted octanol–water partition coefficient (Wildman–Crippen LogP) is 5.79. The monoisotopic (exact) mass is 632 g/mol. The van der Waals surface area contributed by atoms with Gasteiger partial charge in [0.2, 0.25) is 0 Å². The van der Waals surface area contributed by atoms with Crippen molar-refractivity contribution in [1.82, 2.24) is 4.57 Å². The van der Waals surface area contributed by atoms with E-state index >= 15 is 0 Å². The minimum absolute atomic E-state index is 0.0944. The van der Waals surface area contributed by atoms with Gasteiger partial charge in [0.1, 0.15) is 17.5 Å². The van der Waals surface area contributed by atoms with E-state index in [1.54, 1.807) is 36.6 Å². The van der Waals surface area contributed by atoms with Gasteiger partial charge in [0.05, 0.1) is 39.1 Å². The fraction of sp³-hybridized carbons (Fsp3) is 0.345. The molecule has 4 rings (SSSR count). The lowest BCUT2D eigenvalue weighted by atomic mass is 9.95. The molecule has 1 atom stereocenters. The number of hydrogen-bond acceptors (Lipinski definition) is 7. The van der Waals surface area contributed by atoms with Crippen molar-refractivity contribution in [3.05, 3.63) is 88.0 Å². The Morgan fingerprint density at radius 2 is 1.87 bits per heavy atom. The average Bonchev–Trinajstić information content (AvgIpc) is 3.14. The molecule has 2 heterocycles. The number of fused-ring (bicyclic) bond motifs is 1. The molecule has 2 aromatic carbocycles. The second-order valence-corrected chi connectivity index (χ2v) is 11.8. The quantitative estimate of drug-likeness (QED) is 0.294. The molecule has 0 aliphatic carbocycles. The Bertz CT molecular complexity index is 1620. The van der Waals surface area contributed by atoms with E-state index < -0.39 is 12.0 Å². The van der Waals surface area contributed by atoms with E-state index in [0.717, 1.165) is 0 Å². The molecule has 0 spiro atoms. The molecule has 0 saturated carbocycles. The number of allylic oxidation sites excluding steroid dienone is 1. The van der Waals surface area contributed by atoms with E-state index in [1.807, 2.05) is 52.0 Å². The Balaban J connectivity index is 2.00. The SMILES string of the molecule is CCOC(=O)C1=C(C)N=c2s/c(=C\c3cc(Cl)cc(Br)c3OC(C)C)c(=O)n2[C@@H]1c1ccccc1OC(C)C. The molecule has 0 radical (unpaired) electrons. The first-order chi connectivity index (χ1) is 18.5. The third-order valence-electron chi connectivity index (χ3n) is 5.77. The van der Waals surface area contributed by atoms with Crippen LogP contribution in [0.2, 0.25) is 5.02 Å². The van der Waals surface area contributed by atoms with Gasteiger partial charge in [-0.2, -0.15) is 0 Å². The van der Waals surface area contributed by atoms with Crippen molar-refractivity contribution < 1.29 is 19.0 Å². The largest absolute Gasteiger partial charge is 0.491 e. The van der Waals surface area contributed by atoms with E-state index in [4.69, 9.17) is 25.8 Å². The second kappa shape index (κ2) is 12.1. The maximum atomic E-state index is 14.1. The van der Waals surface area contributed by atoms with E-state index in [9.17, 15) is 9.59 Å². The summed E-state index contributed by atoms with van der Waals surface area (Å²) in [6.07, 6.45) is 1.54. The number of thiazole rings is 1. The van der Waals surface area contributed by atoms with E-state index in [2.05, 4.69) is 20.9 Å². The maximum absolute atomic E-state index is 14.1. The van der Waals surface area contributed by atoms with Crippen LogP contribution in [0, 0.1) is 0 Å². The molecule has 1 aliphatic rings. The molecule has 1 aromatic heterocycles. The molecule has 10 heteroatoms. The Morgan fingerprint density at radius 3 is 2.54 bits per heavy atom. The molecule has 1 aliphatic heterocycles. The van der Waals surface area contributed by atoms with E-state index in [0.29, 0.717) is 52.7 Å². The summed E-state index contributed by atoms with van der Waals surface area (Å²) in [4.78, 5) is 32.4. The highest BCUT2D eigenvalue weighted by atomic mass is 79.9. The van der Waals surface area contributed by atoms with Crippen molar-refractivity contribution in [2.24, 2.45) is 4.99 Å². The molecule has 0 fully saturated rings. The smallest absolute Gasteiger partial charge is 0.338 e. The van der Waals surface area contributed by atoms with E-state index in [-0.39, 0.29) is 24.4 Å². The lowest BCUT2D eigenvalue weighted by Gasteiger charge is -2.26. The Hall–Kier alpha value is -2.88. The van der Waals surface area contributed by atoms with Crippen LogP contribution < -0.4 is 24.4 Å². The summed E-state index contributed by atoms with van der Waals surface area (Å²) in [5, 5.41) is 0.495. The van der Waals surface area contributed by atoms with Crippen LogP contribution in [0.3, 0.4) is 0 Å². The molecule has 0 N–H and O–H groups in total. The maximum Gasteiger partial charge on any atom is 0.338 e. The number of rotatable bonds is 8. The summed E-state index contributed by atoms with van der Waals surface area (Å²) < 4.78 is 20.2. The number of para-hydroxylation sites is 1. The van der Waals surface area contributed by atoms with Crippen LogP contribution in [0.15, 0.2) is 61.9 Å². The summed E-state index contributed by atoms with van der Waals surface area (Å²) in [6, 6.07) is 10.1. The summed E-state index contributed by atoms with van der Waals surface area (Å²) in [6.45, 7) is 11.4. The fourth-order valence-corrected chi connectivity index (χ4v) is 6.31. The number of aromatic nitrogens is 1. The predicted molar refractivity (Wildman–Crippen MR) is 158 cm³/mol. The average molecular weight is 634 g/mol. The van der Waals surface area contributed by atoms with Crippen LogP contribution in [-0.4, -0.2) is 29.4 Å². The highest BCUT2D eigenvalue weighted by molar-refractivity contribution is 9.10. The normalized spacial score (nSPS) is 15.4.